The van der Waals surface area contributed by atoms with Gasteiger partial charge >= 0.3 is 17.9 Å². The Labute approximate surface area is 376 Å². The predicted octanol–water partition coefficient (Wildman–Crippen LogP) is -0.608. The van der Waals surface area contributed by atoms with E-state index >= 15 is 0 Å². The second kappa shape index (κ2) is 26.7. The van der Waals surface area contributed by atoms with E-state index in [0.717, 1.165) is 0 Å². The van der Waals surface area contributed by atoms with Crippen LogP contribution in [0.1, 0.15) is 78.4 Å². The zero-order valence-electron chi connectivity index (χ0n) is 37.2. The molecule has 11 N–H and O–H groups in total. The number of carboxylic acid groups (broad SMARTS) is 3. The highest BCUT2D eigenvalue weighted by molar-refractivity contribution is 5.99. The van der Waals surface area contributed by atoms with Crippen molar-refractivity contribution >= 4 is 59.3 Å². The number of carbonyl (C=O) groups excluding carboxylic acids is 7. The Morgan fingerprint density at radius 2 is 0.785 bits per heavy atom. The molecule has 0 saturated carbocycles. The van der Waals surface area contributed by atoms with Gasteiger partial charge in [0.2, 0.25) is 41.4 Å². The third kappa shape index (κ3) is 20.0. The van der Waals surface area contributed by atoms with Gasteiger partial charge in [0, 0.05) is 19.8 Å². The molecule has 0 radical (unpaired) electrons. The summed E-state index contributed by atoms with van der Waals surface area (Å²) in [6.45, 7) is 9.12. The normalized spacial score (nSPS) is 14.7. The van der Waals surface area contributed by atoms with Crippen molar-refractivity contribution < 1.29 is 68.4 Å². The molecule has 65 heavy (non-hydrogen) atoms. The predicted molar refractivity (Wildman–Crippen MR) is 232 cm³/mol. The molecule has 2 rings (SSSR count). The fourth-order valence-electron chi connectivity index (χ4n) is 6.54. The maximum Gasteiger partial charge on any atom is 0.326 e. The van der Waals surface area contributed by atoms with Crippen LogP contribution in [0.5, 0.6) is 0 Å². The number of carboxylic acids is 3. The zero-order chi connectivity index (χ0) is 49.0. The highest BCUT2D eigenvalue weighted by atomic mass is 16.4. The van der Waals surface area contributed by atoms with Gasteiger partial charge in [0.1, 0.15) is 42.3 Å². The molecule has 2 aromatic rings. The average molecular weight is 912 g/mol. The van der Waals surface area contributed by atoms with Gasteiger partial charge in [-0.25, -0.2) is 4.79 Å². The molecule has 0 unspecified atom stereocenters. The van der Waals surface area contributed by atoms with Gasteiger partial charge in [-0.1, -0.05) is 88.4 Å². The molecule has 0 bridgehead atoms. The molecule has 0 aliphatic rings. The van der Waals surface area contributed by atoms with E-state index < -0.39 is 120 Å². The number of benzene rings is 2. The fraction of sp³-hybridized carbons (Fsp3) is 0.500. The van der Waals surface area contributed by atoms with Crippen LogP contribution in [-0.2, 0) is 60.8 Å². The van der Waals surface area contributed by atoms with Gasteiger partial charge in [0.15, 0.2) is 0 Å². The van der Waals surface area contributed by atoms with Crippen molar-refractivity contribution in [3.8, 4) is 0 Å². The van der Waals surface area contributed by atoms with Crippen LogP contribution in [0.15, 0.2) is 60.7 Å². The zero-order valence-corrected chi connectivity index (χ0v) is 37.2. The first-order chi connectivity index (χ1) is 30.5. The van der Waals surface area contributed by atoms with Gasteiger partial charge in [0.05, 0.1) is 18.9 Å². The molecule has 0 aliphatic carbocycles. The molecule has 0 aromatic heterocycles. The van der Waals surface area contributed by atoms with Crippen molar-refractivity contribution in [2.24, 2.45) is 11.8 Å². The maximum atomic E-state index is 13.8. The Hall–Kier alpha value is -6.90. The molecule has 0 spiro atoms. The minimum atomic E-state index is -1.87. The molecule has 0 saturated heterocycles. The molecule has 356 valence electrons. The molecular formula is C44H61N7O14. The Kier molecular flexibility index (Phi) is 22.2. The molecular weight excluding hydrogens is 851 g/mol. The minimum Gasteiger partial charge on any atom is -0.481 e. The van der Waals surface area contributed by atoms with Crippen molar-refractivity contribution in [3.05, 3.63) is 71.8 Å². The lowest BCUT2D eigenvalue weighted by Gasteiger charge is -2.29. The lowest BCUT2D eigenvalue weighted by Crippen LogP contribution is -2.61. The Morgan fingerprint density at radius 3 is 1.14 bits per heavy atom. The largest absolute Gasteiger partial charge is 0.481 e. The van der Waals surface area contributed by atoms with Gasteiger partial charge in [-0.15, -0.1) is 0 Å². The highest BCUT2D eigenvalue weighted by Crippen LogP contribution is 2.12. The summed E-state index contributed by atoms with van der Waals surface area (Å²) < 4.78 is 0. The molecule has 0 aliphatic heterocycles. The van der Waals surface area contributed by atoms with Crippen LogP contribution < -0.4 is 37.2 Å². The highest BCUT2D eigenvalue weighted by Gasteiger charge is 2.36. The monoisotopic (exact) mass is 911 g/mol. The number of amides is 7. The number of aliphatic carboxylic acids is 3. The van der Waals surface area contributed by atoms with Crippen molar-refractivity contribution in [2.75, 3.05) is 0 Å². The topological polar surface area (TPSA) is 336 Å². The summed E-state index contributed by atoms with van der Waals surface area (Å²) in [5, 5.41) is 56.2. The van der Waals surface area contributed by atoms with E-state index in [-0.39, 0.29) is 37.5 Å². The quantitative estimate of drug-likeness (QED) is 0.0533. The molecule has 8 atom stereocenters. The van der Waals surface area contributed by atoms with E-state index in [1.54, 1.807) is 88.4 Å². The number of aliphatic hydroxyl groups excluding tert-OH is 1. The maximum absolute atomic E-state index is 13.8. The molecule has 21 nitrogen and oxygen atoms in total. The molecule has 21 heteroatoms. The first kappa shape index (κ1) is 54.2. The first-order valence-corrected chi connectivity index (χ1v) is 21.0. The van der Waals surface area contributed by atoms with Crippen LogP contribution in [0.2, 0.25) is 0 Å². The van der Waals surface area contributed by atoms with E-state index in [9.17, 15) is 68.4 Å². The second-order valence-electron chi connectivity index (χ2n) is 16.5. The number of rotatable bonds is 27. The summed E-state index contributed by atoms with van der Waals surface area (Å²) in [6.07, 6.45) is -3.89. The molecule has 2 aromatic carbocycles. The van der Waals surface area contributed by atoms with E-state index in [0.29, 0.717) is 11.1 Å². The van der Waals surface area contributed by atoms with Crippen LogP contribution in [0, 0.1) is 11.8 Å². The minimum absolute atomic E-state index is 0.0339. The lowest BCUT2D eigenvalue weighted by molar-refractivity contribution is -0.143. The first-order valence-electron chi connectivity index (χ1n) is 21.0. The smallest absolute Gasteiger partial charge is 0.326 e. The van der Waals surface area contributed by atoms with E-state index in [4.69, 9.17) is 0 Å². The summed E-state index contributed by atoms with van der Waals surface area (Å²) in [4.78, 5) is 129. The lowest BCUT2D eigenvalue weighted by atomic mass is 10.00. The van der Waals surface area contributed by atoms with Crippen molar-refractivity contribution in [1.82, 2.24) is 37.2 Å². The number of aliphatic hydroxyl groups is 1. The van der Waals surface area contributed by atoms with Gasteiger partial charge in [-0.3, -0.25) is 43.2 Å². The Morgan fingerprint density at radius 1 is 0.446 bits per heavy atom. The van der Waals surface area contributed by atoms with Crippen LogP contribution in [0.4, 0.5) is 0 Å². The van der Waals surface area contributed by atoms with Gasteiger partial charge in [0.25, 0.3) is 0 Å². The summed E-state index contributed by atoms with van der Waals surface area (Å²) in [6, 6.07) is 5.87. The van der Waals surface area contributed by atoms with Gasteiger partial charge in [-0.05, 0) is 42.7 Å². The number of hydrogen-bond donors (Lipinski definition) is 11. The number of nitrogens with one attached hydrogen (secondary N) is 7. The Balaban J connectivity index is 2.32. The third-order valence-electron chi connectivity index (χ3n) is 9.64. The van der Waals surface area contributed by atoms with Crippen LogP contribution in [0.3, 0.4) is 0 Å². The van der Waals surface area contributed by atoms with Crippen LogP contribution in [-0.4, -0.2) is 128 Å². The Bertz CT molecular complexity index is 1980. The molecule has 7 amide bonds. The summed E-state index contributed by atoms with van der Waals surface area (Å²) in [5.41, 5.74) is 1.22. The summed E-state index contributed by atoms with van der Waals surface area (Å²) in [7, 11) is 0. The third-order valence-corrected chi connectivity index (χ3v) is 9.64. The van der Waals surface area contributed by atoms with Crippen molar-refractivity contribution in [2.45, 2.75) is 128 Å². The number of carbonyl (C=O) groups is 10. The van der Waals surface area contributed by atoms with Crippen LogP contribution in [0.25, 0.3) is 0 Å². The van der Waals surface area contributed by atoms with Crippen LogP contribution >= 0.6 is 0 Å². The SMILES string of the molecule is CC(=O)N[C@@H](Cc1ccccc1)C(=O)N[C@H](C(=O)N[C@@H](CC(C)C)C(=O)N[C@@H](CC(=O)O)C(=O)N[C@@H](CC(C)C)C(=O)N[C@@H](CC(=O)O)C(=O)N[C@@H](Cc1ccccc1)C(=O)O)[C@H](C)O. The molecule has 0 fully saturated rings. The second-order valence-corrected chi connectivity index (χ2v) is 16.5. The standard InChI is InChI=1S/C44H61N7O14/c1-23(2)17-29(38(58)48-33(22-36(56)57)41(61)50-34(44(64)65)20-28-15-11-8-12-16-28)46-40(60)32(21-35(54)55)47-39(59)30(18-24(3)4)49-43(63)37(25(5)52)51-42(62)31(45-26(6)53)19-27-13-9-7-10-14-27/h7-16,23-25,29-34,37,52H,17-22H2,1-6H3,(H,45,53)(H,46,60)(H,47,59)(H,48,58)(H,49,63)(H,50,61)(H,51,62)(H,54,55)(H,56,57)(H,64,65)/t25-,29-,30-,31-,32-,33-,34-,37-/m0/s1. The van der Waals surface area contributed by atoms with Gasteiger partial charge < -0.3 is 57.6 Å². The molecule has 0 heterocycles. The van der Waals surface area contributed by atoms with E-state index in [1.807, 2.05) is 0 Å². The van der Waals surface area contributed by atoms with Crippen molar-refractivity contribution in [1.29, 1.82) is 0 Å². The fourth-order valence-corrected chi connectivity index (χ4v) is 6.54. The van der Waals surface area contributed by atoms with E-state index in [2.05, 4.69) is 37.2 Å². The van der Waals surface area contributed by atoms with Gasteiger partial charge in [-0.2, -0.15) is 0 Å². The van der Waals surface area contributed by atoms with E-state index in [1.165, 1.54) is 13.8 Å². The number of hydrogen-bond acceptors (Lipinski definition) is 11. The van der Waals surface area contributed by atoms with Crippen molar-refractivity contribution in [3.63, 3.8) is 0 Å². The summed E-state index contributed by atoms with van der Waals surface area (Å²) >= 11 is 0. The average Bonchev–Trinajstić information content (AvgIpc) is 3.20. The summed E-state index contributed by atoms with van der Waals surface area (Å²) in [5.74, 6) is -12.0.